The minimum atomic E-state index is -1.81. The van der Waals surface area contributed by atoms with E-state index in [1.165, 1.54) is 41.7 Å². The van der Waals surface area contributed by atoms with E-state index in [9.17, 15) is 107 Å². The summed E-state index contributed by atoms with van der Waals surface area (Å²) in [6.07, 6.45) is -8.37. The molecule has 0 aromatic carbocycles. The summed E-state index contributed by atoms with van der Waals surface area (Å²) in [5.74, 6) is -18.9. The van der Waals surface area contributed by atoms with Crippen LogP contribution in [0.1, 0.15) is 74.1 Å². The van der Waals surface area contributed by atoms with Crippen molar-refractivity contribution in [1.82, 2.24) is 85.1 Å². The number of methoxy groups -OCH3 is 1. The molecule has 1 aliphatic heterocycles. The van der Waals surface area contributed by atoms with Crippen molar-refractivity contribution in [3.05, 3.63) is 0 Å². The maximum Gasteiger partial charge on any atom is 0.245 e. The second-order valence-electron chi connectivity index (χ2n) is 25.6. The van der Waals surface area contributed by atoms with Crippen molar-refractivity contribution in [3.8, 4) is 0 Å². The topological polar surface area (TPSA) is 690 Å². The third-order valence-corrected chi connectivity index (χ3v) is 18.5. The molecule has 112 heavy (non-hydrogen) atoms. The van der Waals surface area contributed by atoms with Crippen molar-refractivity contribution < 1.29 is 121 Å². The van der Waals surface area contributed by atoms with E-state index in [4.69, 9.17) is 31.4 Å². The van der Waals surface area contributed by atoms with Crippen molar-refractivity contribution in [2.24, 2.45) is 17.2 Å². The number of primary amides is 1. The number of hydrogen-bond acceptors (Lipinski definition) is 33. The minimum Gasteiger partial charge on any atom is -0.391 e. The summed E-state index contributed by atoms with van der Waals surface area (Å²) >= 11 is 24.5. The van der Waals surface area contributed by atoms with Gasteiger partial charge in [0.05, 0.1) is 50.1 Å². The molecule has 1 rings (SSSR count). The van der Waals surface area contributed by atoms with Gasteiger partial charge in [-0.3, -0.25) is 81.5 Å². The van der Waals surface area contributed by atoms with Gasteiger partial charge >= 0.3 is 0 Å². The van der Waals surface area contributed by atoms with Gasteiger partial charge in [0.15, 0.2) is 6.29 Å². The lowest BCUT2D eigenvalue weighted by Crippen LogP contribution is -2.63. The van der Waals surface area contributed by atoms with Gasteiger partial charge in [0.1, 0.15) is 96.9 Å². The molecule has 638 valence electrons. The number of thiol groups is 6. The normalized spacial score (nSPS) is 19.8. The smallest absolute Gasteiger partial charge is 0.245 e. The van der Waals surface area contributed by atoms with E-state index in [2.05, 4.69) is 161 Å². The van der Waals surface area contributed by atoms with Crippen LogP contribution in [0.4, 0.5) is 0 Å². The lowest BCUT2D eigenvalue weighted by molar-refractivity contribution is -0.258. The van der Waals surface area contributed by atoms with Gasteiger partial charge in [0, 0.05) is 61.2 Å². The molecule has 0 unspecified atom stereocenters. The number of carbonyl (C=O) groups is 17. The number of amides is 17. The van der Waals surface area contributed by atoms with Gasteiger partial charge in [-0.15, -0.1) is 0 Å². The fourth-order valence-electron chi connectivity index (χ4n) is 9.75. The molecule has 0 spiro atoms. The molecule has 50 heteroatoms. The first-order chi connectivity index (χ1) is 52.5. The number of aliphatic hydroxyl groups excluding tert-OH is 5. The number of nitrogens with two attached hydrogens (primary N) is 3. The monoisotopic (exact) mass is 1710 g/mol. The van der Waals surface area contributed by atoms with Crippen LogP contribution >= 0.6 is 75.8 Å². The first-order valence-electron chi connectivity index (χ1n) is 34.9. The summed E-state index contributed by atoms with van der Waals surface area (Å²) in [7, 11) is 1.38. The number of nitrogens with one attached hydrogen (secondary N) is 16. The van der Waals surface area contributed by atoms with Crippen molar-refractivity contribution in [1.29, 1.82) is 0 Å². The Morgan fingerprint density at radius 2 is 0.723 bits per heavy atom. The van der Waals surface area contributed by atoms with Crippen LogP contribution in [0.3, 0.4) is 0 Å². The first kappa shape index (κ1) is 103. The zero-order chi connectivity index (χ0) is 85.6. The summed E-state index contributed by atoms with van der Waals surface area (Å²) in [6, 6.07) is -20.5. The Kier molecular flexibility index (Phi) is 48.6. The molecule has 1 heterocycles. The number of unbranched alkanes of at least 4 members (excludes halogenated alkanes) is 2. The van der Waals surface area contributed by atoms with Crippen molar-refractivity contribution in [3.63, 3.8) is 0 Å². The molecule has 0 aromatic rings. The van der Waals surface area contributed by atoms with Crippen LogP contribution in [0.2, 0.25) is 0 Å². The molecule has 44 nitrogen and oxygen atoms in total. The zero-order valence-electron chi connectivity index (χ0n) is 62.6. The van der Waals surface area contributed by atoms with Gasteiger partial charge in [-0.05, 0) is 61.3 Å². The largest absolute Gasteiger partial charge is 0.391 e. The molecule has 0 radical (unpaired) electrons. The van der Waals surface area contributed by atoms with Crippen molar-refractivity contribution in [2.45, 2.75) is 208 Å². The zero-order valence-corrected chi connectivity index (χ0v) is 68.0. The second-order valence-corrected chi connectivity index (χ2v) is 27.8. The predicted molar refractivity (Wildman–Crippen MR) is 417 cm³/mol. The maximum atomic E-state index is 13.4. The minimum absolute atomic E-state index is 0.0308. The molecule has 1 fully saturated rings. The highest BCUT2D eigenvalue weighted by molar-refractivity contribution is 7.81. The molecule has 22 atom stereocenters. The van der Waals surface area contributed by atoms with E-state index in [1.807, 2.05) is 0 Å². The van der Waals surface area contributed by atoms with Crippen LogP contribution in [-0.2, 0) is 95.7 Å². The predicted octanol–water partition coefficient (Wildman–Crippen LogP) is -13.8. The highest BCUT2D eigenvalue weighted by Crippen LogP contribution is 2.23. The van der Waals surface area contributed by atoms with Gasteiger partial charge in [0.2, 0.25) is 100 Å². The van der Waals surface area contributed by atoms with Crippen LogP contribution in [0.15, 0.2) is 0 Å². The summed E-state index contributed by atoms with van der Waals surface area (Å²) in [4.78, 5) is 221. The number of hydrogen-bond donors (Lipinski definition) is 30. The van der Waals surface area contributed by atoms with E-state index in [-0.39, 0.29) is 42.6 Å². The molecule has 0 aliphatic carbocycles. The molecule has 0 aromatic heterocycles. The summed E-state index contributed by atoms with van der Waals surface area (Å²) < 4.78 is 16.6. The van der Waals surface area contributed by atoms with E-state index in [1.54, 1.807) is 0 Å². The fraction of sp³-hybridized carbons (Fsp3) is 0.726. The SMILES string of the molecule is CO[C@H]1O[C@H](CN)[C@@H](OCCCCCC(=O)N[C@H](C(=O)N[C@@H](CS)C(=O)N[C@@H](CS)C(=O)N[C@@H](CS)C(=O)N[C@@H](C)C(=O)NCC(=O)NCC(=O)N[C@@H](CS)C(=O)N[C@H](C(=O)N[C@@H](CS)C(=O)N[C@@H](C)C(=O)NCC(=O)N[C@@H](C)C(=O)N[C@H](C(=O)N[C@@H](CS)C(=O)N[C@H](C(N)=O)[C@@H](C)O)[C@@H](C)O)[C@@H](C)O)[C@@H](C)O)[C@H](O)[C@H]1N. The average Bonchev–Trinajstić information content (AvgIpc) is 0.810. The molecular formula is C62H109N19O25S6. The molecule has 0 saturated carbocycles. The van der Waals surface area contributed by atoms with Crippen LogP contribution in [-0.4, -0.2) is 334 Å². The average molecular weight is 1710 g/mol. The Morgan fingerprint density at radius 1 is 0.393 bits per heavy atom. The maximum absolute atomic E-state index is 13.4. The lowest BCUT2D eigenvalue weighted by atomic mass is 9.97. The van der Waals surface area contributed by atoms with Gasteiger partial charge < -0.3 is 142 Å². The van der Waals surface area contributed by atoms with Crippen LogP contribution in [0, 0.1) is 0 Å². The highest BCUT2D eigenvalue weighted by atomic mass is 32.1. The van der Waals surface area contributed by atoms with Gasteiger partial charge in [-0.2, -0.15) is 75.8 Å². The Labute approximate surface area is 678 Å². The first-order valence-corrected chi connectivity index (χ1v) is 38.7. The van der Waals surface area contributed by atoms with Crippen molar-refractivity contribution in [2.75, 3.05) is 74.4 Å². The molecule has 1 aliphatic rings. The third kappa shape index (κ3) is 35.6. The number of rotatable bonds is 51. The van der Waals surface area contributed by atoms with E-state index >= 15 is 0 Å². The standard InChI is InChI=1S/C62H109N19O25S6/c1-24(70-53(95)32(19-108)73-55(97)34(21-110)74-56(98)35(22-111)76-59(101)44(28(5)83)78-38(86)12-10-9-11-13-105-48-37(14-63)106-62(104-8)42(64)47(48)90)50(92)67-15-39(87)66-16-41(89)72-31(18-107)57(99)81-46(30(7)85)61(103)75-33(20-109)54(96)71-25(2)51(93)68-17-40(88)69-26(3)52(94)80-45(29(6)84)60(102)77-36(23-112)58(100)79-43(27(4)82)49(65)91/h24-37,42-48,62,82-85,90,107-112H,9-23,63-64H2,1-8H3,(H2,65,91)(H,66,87)(H,67,92)(H,68,93)(H,69,88)(H,70,95)(H,71,96)(H,72,89)(H,73,97)(H,74,98)(H,75,103)(H,76,101)(H,77,102)(H,78,86)(H,79,100)(H,80,94)(H,81,99)/t24-,25-,26-,27+,28+,29+,30+,31-,32-,33-,34-,35-,36-,37+,42+,43-,44-,45-,46-,47+,48+,62-/m0/s1. The second kappa shape index (κ2) is 53.0. The van der Waals surface area contributed by atoms with Crippen LogP contribution in [0.25, 0.3) is 0 Å². The summed E-state index contributed by atoms with van der Waals surface area (Å²) in [6.45, 7) is 6.09. The number of ether oxygens (including phenoxy) is 3. The van der Waals surface area contributed by atoms with E-state index < -0.39 is 265 Å². The molecule has 27 N–H and O–H groups in total. The van der Waals surface area contributed by atoms with Gasteiger partial charge in [-0.1, -0.05) is 6.42 Å². The Morgan fingerprint density at radius 3 is 1.11 bits per heavy atom. The Hall–Kier alpha value is -7.31. The van der Waals surface area contributed by atoms with E-state index in [0.29, 0.717) is 19.3 Å². The van der Waals surface area contributed by atoms with Gasteiger partial charge in [0.25, 0.3) is 0 Å². The van der Waals surface area contributed by atoms with E-state index in [0.717, 1.165) is 13.8 Å². The quantitative estimate of drug-likeness (QED) is 0.0199. The summed E-state index contributed by atoms with van der Waals surface area (Å²) in [5.41, 5.74) is 17.0. The van der Waals surface area contributed by atoms with Crippen LogP contribution < -0.4 is 102 Å². The summed E-state index contributed by atoms with van der Waals surface area (Å²) in [5, 5.41) is 88.1. The van der Waals surface area contributed by atoms with Crippen molar-refractivity contribution >= 4 is 176 Å². The molecule has 1 saturated heterocycles. The van der Waals surface area contributed by atoms with Crippen LogP contribution in [0.5, 0.6) is 0 Å². The number of carbonyl (C=O) groups excluding carboxylic acids is 17. The molecule has 17 amide bonds. The lowest BCUT2D eigenvalue weighted by Gasteiger charge is -2.42. The highest BCUT2D eigenvalue weighted by Gasteiger charge is 2.44. The molecular weight excluding hydrogens is 1600 g/mol. The number of aliphatic hydroxyl groups is 5. The Balaban J connectivity index is 2.72. The van der Waals surface area contributed by atoms with Gasteiger partial charge in [-0.25, -0.2) is 0 Å². The third-order valence-electron chi connectivity index (χ3n) is 16.3. The fourth-order valence-corrected chi connectivity index (χ4v) is 11.3. The molecule has 0 bridgehead atoms. The Bertz CT molecular complexity index is 3200.